The maximum absolute atomic E-state index is 12.8. The van der Waals surface area contributed by atoms with Crippen molar-refractivity contribution in [3.05, 3.63) is 23.0 Å². The largest absolute Gasteiger partial charge is 0.415 e. The Balaban J connectivity index is 3.15. The van der Waals surface area contributed by atoms with Gasteiger partial charge in [-0.2, -0.15) is 13.2 Å². The third-order valence-electron chi connectivity index (χ3n) is 1.95. The number of hydrogen-bond acceptors (Lipinski definition) is 0. The molecule has 1 aliphatic rings. The first-order valence-electron chi connectivity index (χ1n) is 3.68. The molecule has 0 fully saturated rings. The molecule has 6 heteroatoms. The minimum absolute atomic E-state index is 0.00389. The van der Waals surface area contributed by atoms with Crippen molar-refractivity contribution < 1.29 is 26.3 Å². The van der Waals surface area contributed by atoms with E-state index >= 15 is 0 Å². The van der Waals surface area contributed by atoms with Gasteiger partial charge in [0, 0.05) is 0 Å². The molecule has 2 atom stereocenters. The van der Waals surface area contributed by atoms with E-state index in [0.717, 1.165) is 6.92 Å². The van der Waals surface area contributed by atoms with Crippen molar-refractivity contribution in [3.63, 3.8) is 0 Å². The van der Waals surface area contributed by atoms with E-state index in [4.69, 9.17) is 0 Å². The van der Waals surface area contributed by atoms with Crippen LogP contribution in [0, 0.1) is 0 Å². The van der Waals surface area contributed by atoms with Gasteiger partial charge in [-0.25, -0.2) is 13.2 Å². The van der Waals surface area contributed by atoms with Crippen molar-refractivity contribution in [2.24, 2.45) is 0 Å². The molecule has 14 heavy (non-hydrogen) atoms. The van der Waals surface area contributed by atoms with Crippen LogP contribution >= 0.6 is 0 Å². The van der Waals surface area contributed by atoms with E-state index in [1.165, 1.54) is 0 Å². The number of rotatable bonds is 0. The van der Waals surface area contributed by atoms with Gasteiger partial charge < -0.3 is 0 Å². The van der Waals surface area contributed by atoms with Gasteiger partial charge in [0.1, 0.15) is 5.83 Å². The fourth-order valence-electron chi connectivity index (χ4n) is 1.08. The number of alkyl halides is 5. The second-order valence-corrected chi connectivity index (χ2v) is 2.93. The summed E-state index contributed by atoms with van der Waals surface area (Å²) in [6.07, 6.45) is -10.4. The molecule has 0 aliphatic heterocycles. The van der Waals surface area contributed by atoms with Gasteiger partial charge in [0.2, 0.25) is 0 Å². The van der Waals surface area contributed by atoms with Gasteiger partial charge in [-0.15, -0.1) is 0 Å². The fraction of sp³-hybridized carbons (Fsp3) is 0.500. The van der Waals surface area contributed by atoms with Gasteiger partial charge in [-0.1, -0.05) is 0 Å². The molecular formula is C8H6F6. The molecule has 0 aromatic rings. The molecule has 0 spiro atoms. The van der Waals surface area contributed by atoms with Crippen molar-refractivity contribution in [3.8, 4) is 0 Å². The SMILES string of the molecule is CC1=C(F)C=C(C(F)(F)F)C(F)C1F. The molecule has 1 rings (SSSR count). The Labute approximate surface area is 75.9 Å². The van der Waals surface area contributed by atoms with Gasteiger partial charge in [0.25, 0.3) is 0 Å². The van der Waals surface area contributed by atoms with Crippen LogP contribution in [0.2, 0.25) is 0 Å². The summed E-state index contributed by atoms with van der Waals surface area (Å²) in [6.45, 7) is 0.913. The van der Waals surface area contributed by atoms with E-state index in [1.807, 2.05) is 0 Å². The van der Waals surface area contributed by atoms with Gasteiger partial charge in [0.05, 0.1) is 5.57 Å². The molecule has 0 radical (unpaired) electrons. The van der Waals surface area contributed by atoms with Crippen LogP contribution in [0.4, 0.5) is 26.3 Å². The zero-order chi connectivity index (χ0) is 11.1. The van der Waals surface area contributed by atoms with Crippen molar-refractivity contribution in [2.45, 2.75) is 25.4 Å². The molecule has 2 unspecified atom stereocenters. The summed E-state index contributed by atoms with van der Waals surface area (Å²) in [7, 11) is 0. The first-order valence-corrected chi connectivity index (χ1v) is 3.68. The number of halogens is 6. The molecule has 1 aliphatic carbocycles. The first-order chi connectivity index (χ1) is 6.25. The maximum atomic E-state index is 12.8. The predicted molar refractivity (Wildman–Crippen MR) is 37.7 cm³/mol. The van der Waals surface area contributed by atoms with E-state index in [1.54, 1.807) is 0 Å². The highest BCUT2D eigenvalue weighted by Gasteiger charge is 2.45. The zero-order valence-electron chi connectivity index (χ0n) is 7.00. The van der Waals surface area contributed by atoms with E-state index in [2.05, 4.69) is 0 Å². The highest BCUT2D eigenvalue weighted by molar-refractivity contribution is 5.37. The van der Waals surface area contributed by atoms with Crippen LogP contribution in [0.3, 0.4) is 0 Å². The van der Waals surface area contributed by atoms with Crippen LogP contribution in [0.15, 0.2) is 23.0 Å². The van der Waals surface area contributed by atoms with Crippen LogP contribution in [-0.2, 0) is 0 Å². The third kappa shape index (κ3) is 1.78. The average molecular weight is 216 g/mol. The topological polar surface area (TPSA) is 0 Å². The lowest BCUT2D eigenvalue weighted by atomic mass is 9.94. The normalized spacial score (nSPS) is 29.2. The summed E-state index contributed by atoms with van der Waals surface area (Å²) in [4.78, 5) is 0. The smallest absolute Gasteiger partial charge is 0.239 e. The van der Waals surface area contributed by atoms with Crippen molar-refractivity contribution in [1.29, 1.82) is 0 Å². The lowest BCUT2D eigenvalue weighted by molar-refractivity contribution is -0.104. The van der Waals surface area contributed by atoms with E-state index in [9.17, 15) is 26.3 Å². The Morgan fingerprint density at radius 2 is 1.64 bits per heavy atom. The molecule has 0 aromatic heterocycles. The summed E-state index contributed by atoms with van der Waals surface area (Å²) in [5, 5.41) is 0. The Bertz CT molecular complexity index is 297. The molecule has 0 saturated carbocycles. The molecular weight excluding hydrogens is 210 g/mol. The standard InChI is InChI=1S/C8H6F6/c1-3-5(9)2-4(8(12,13)14)7(11)6(3)10/h2,6-7H,1H3. The molecule has 80 valence electrons. The highest BCUT2D eigenvalue weighted by Crippen LogP contribution is 2.38. The van der Waals surface area contributed by atoms with E-state index < -0.39 is 35.5 Å². The number of hydrogen-bond donors (Lipinski definition) is 0. The molecule has 0 N–H and O–H groups in total. The second-order valence-electron chi connectivity index (χ2n) is 2.93. The summed E-state index contributed by atoms with van der Waals surface area (Å²) in [5.74, 6) is -1.36. The van der Waals surface area contributed by atoms with Crippen molar-refractivity contribution in [1.82, 2.24) is 0 Å². The Morgan fingerprint density at radius 3 is 2.07 bits per heavy atom. The Kier molecular flexibility index (Phi) is 2.65. The van der Waals surface area contributed by atoms with Crippen LogP contribution in [0.25, 0.3) is 0 Å². The van der Waals surface area contributed by atoms with E-state index in [-0.39, 0.29) is 6.08 Å². The molecule has 0 aromatic carbocycles. The van der Waals surface area contributed by atoms with Gasteiger partial charge >= 0.3 is 6.18 Å². The van der Waals surface area contributed by atoms with Crippen molar-refractivity contribution in [2.75, 3.05) is 0 Å². The minimum Gasteiger partial charge on any atom is -0.239 e. The average Bonchev–Trinajstić information content (AvgIpc) is 2.06. The summed E-state index contributed by atoms with van der Waals surface area (Å²) >= 11 is 0. The van der Waals surface area contributed by atoms with Crippen LogP contribution < -0.4 is 0 Å². The quantitative estimate of drug-likeness (QED) is 0.544. The Morgan fingerprint density at radius 1 is 1.14 bits per heavy atom. The predicted octanol–water partition coefficient (Wildman–Crippen LogP) is 3.41. The second kappa shape index (κ2) is 3.33. The highest BCUT2D eigenvalue weighted by atomic mass is 19.4. The molecule has 0 bridgehead atoms. The van der Waals surface area contributed by atoms with Gasteiger partial charge in [-0.3, -0.25) is 0 Å². The Hall–Kier alpha value is -0.940. The van der Waals surface area contributed by atoms with Crippen molar-refractivity contribution >= 4 is 0 Å². The zero-order valence-corrected chi connectivity index (χ0v) is 7.00. The summed E-state index contributed by atoms with van der Waals surface area (Å²) < 4.78 is 74.3. The van der Waals surface area contributed by atoms with Crippen LogP contribution in [0.1, 0.15) is 6.92 Å². The summed E-state index contributed by atoms with van der Waals surface area (Å²) in [6, 6.07) is 0. The van der Waals surface area contributed by atoms with Gasteiger partial charge in [0.15, 0.2) is 12.3 Å². The fourth-order valence-corrected chi connectivity index (χ4v) is 1.08. The van der Waals surface area contributed by atoms with Crippen LogP contribution in [0.5, 0.6) is 0 Å². The molecule has 0 saturated heterocycles. The van der Waals surface area contributed by atoms with E-state index in [0.29, 0.717) is 0 Å². The molecule has 0 amide bonds. The molecule has 0 nitrogen and oxygen atoms in total. The minimum atomic E-state index is -5.04. The maximum Gasteiger partial charge on any atom is 0.415 e. The lowest BCUT2D eigenvalue weighted by Crippen LogP contribution is -2.32. The number of allylic oxidation sites excluding steroid dienone is 4. The van der Waals surface area contributed by atoms with Gasteiger partial charge in [-0.05, 0) is 18.6 Å². The third-order valence-corrected chi connectivity index (χ3v) is 1.95. The lowest BCUT2D eigenvalue weighted by Gasteiger charge is -2.23. The first kappa shape index (κ1) is 11.1. The molecule has 0 heterocycles. The monoisotopic (exact) mass is 216 g/mol. The van der Waals surface area contributed by atoms with Crippen LogP contribution in [-0.4, -0.2) is 18.5 Å². The summed E-state index contributed by atoms with van der Waals surface area (Å²) in [5.41, 5.74) is -2.46.